The number of likely N-dealkylation sites (tertiary alicyclic amines) is 1. The first-order valence-electron chi connectivity index (χ1n) is 6.00. The van der Waals surface area contributed by atoms with Crippen molar-refractivity contribution >= 4 is 17.5 Å². The van der Waals surface area contributed by atoms with E-state index in [4.69, 9.17) is 5.11 Å². The van der Waals surface area contributed by atoms with E-state index in [0.717, 1.165) is 6.42 Å². The van der Waals surface area contributed by atoms with E-state index < -0.39 is 12.0 Å². The van der Waals surface area contributed by atoms with Crippen LogP contribution in [0, 0.1) is 0 Å². The van der Waals surface area contributed by atoms with Crippen molar-refractivity contribution in [3.63, 3.8) is 0 Å². The fourth-order valence-corrected chi connectivity index (χ4v) is 2.39. The number of carboxylic acids is 1. The van der Waals surface area contributed by atoms with E-state index in [1.165, 1.54) is 11.2 Å². The van der Waals surface area contributed by atoms with Gasteiger partial charge in [0.25, 0.3) is 5.91 Å². The van der Waals surface area contributed by atoms with Crippen LogP contribution in [0.4, 0.5) is 0 Å². The van der Waals surface area contributed by atoms with E-state index in [1.807, 2.05) is 0 Å². The number of pyridine rings is 1. The van der Waals surface area contributed by atoms with Gasteiger partial charge in [-0.1, -0.05) is 0 Å². The van der Waals surface area contributed by atoms with Gasteiger partial charge in [-0.2, -0.15) is 0 Å². The van der Waals surface area contributed by atoms with E-state index in [2.05, 4.69) is 10.2 Å². The SMILES string of the molecule is O=C(O)[C@H]1CCCN1C(=O)c1ccc2nncn2c1. The number of carboxylic acid groups (broad SMARTS) is 1. The molecule has 7 heteroatoms. The molecule has 98 valence electrons. The summed E-state index contributed by atoms with van der Waals surface area (Å²) < 4.78 is 1.64. The molecule has 1 aliphatic rings. The van der Waals surface area contributed by atoms with Gasteiger partial charge in [-0.05, 0) is 25.0 Å². The van der Waals surface area contributed by atoms with Crippen molar-refractivity contribution in [2.45, 2.75) is 18.9 Å². The summed E-state index contributed by atoms with van der Waals surface area (Å²) in [5, 5.41) is 16.7. The Labute approximate surface area is 108 Å². The molecule has 0 unspecified atom stereocenters. The highest BCUT2D eigenvalue weighted by Crippen LogP contribution is 2.20. The summed E-state index contributed by atoms with van der Waals surface area (Å²) in [5.41, 5.74) is 1.09. The Hall–Kier alpha value is -2.44. The lowest BCUT2D eigenvalue weighted by Crippen LogP contribution is -2.40. The van der Waals surface area contributed by atoms with E-state index in [9.17, 15) is 9.59 Å². The molecule has 0 bridgehead atoms. The number of hydrogen-bond donors (Lipinski definition) is 1. The summed E-state index contributed by atoms with van der Waals surface area (Å²) in [7, 11) is 0. The van der Waals surface area contributed by atoms with Crippen molar-refractivity contribution in [1.29, 1.82) is 0 Å². The Bertz CT molecular complexity index is 651. The molecule has 1 aliphatic heterocycles. The van der Waals surface area contributed by atoms with E-state index in [-0.39, 0.29) is 5.91 Å². The Balaban J connectivity index is 1.92. The van der Waals surface area contributed by atoms with Crippen LogP contribution in [0.5, 0.6) is 0 Å². The van der Waals surface area contributed by atoms with Gasteiger partial charge >= 0.3 is 5.97 Å². The zero-order chi connectivity index (χ0) is 13.4. The van der Waals surface area contributed by atoms with Crippen LogP contribution in [0.15, 0.2) is 24.7 Å². The van der Waals surface area contributed by atoms with Crippen LogP contribution in [-0.2, 0) is 4.79 Å². The minimum Gasteiger partial charge on any atom is -0.480 e. The number of rotatable bonds is 2. The van der Waals surface area contributed by atoms with Crippen molar-refractivity contribution in [3.8, 4) is 0 Å². The van der Waals surface area contributed by atoms with Gasteiger partial charge in [0.05, 0.1) is 5.56 Å². The van der Waals surface area contributed by atoms with Gasteiger partial charge in [-0.15, -0.1) is 10.2 Å². The maximum Gasteiger partial charge on any atom is 0.326 e. The molecule has 1 N–H and O–H groups in total. The van der Waals surface area contributed by atoms with Crippen LogP contribution in [0.1, 0.15) is 23.2 Å². The third-order valence-electron chi connectivity index (χ3n) is 3.34. The first kappa shape index (κ1) is 11.6. The molecule has 0 radical (unpaired) electrons. The molecule has 1 atom stereocenters. The second-order valence-corrected chi connectivity index (χ2v) is 4.51. The molecule has 3 heterocycles. The first-order chi connectivity index (χ1) is 9.16. The van der Waals surface area contributed by atoms with E-state index in [0.29, 0.717) is 24.2 Å². The second kappa shape index (κ2) is 4.34. The highest BCUT2D eigenvalue weighted by atomic mass is 16.4. The molecule has 2 aromatic rings. The van der Waals surface area contributed by atoms with E-state index in [1.54, 1.807) is 22.7 Å². The molecule has 3 rings (SSSR count). The molecule has 0 aliphatic carbocycles. The summed E-state index contributed by atoms with van der Waals surface area (Å²) in [6, 6.07) is 2.61. The zero-order valence-corrected chi connectivity index (χ0v) is 10.1. The Morgan fingerprint density at radius 1 is 1.37 bits per heavy atom. The van der Waals surface area contributed by atoms with Crippen LogP contribution in [0.2, 0.25) is 0 Å². The predicted molar refractivity (Wildman–Crippen MR) is 64.7 cm³/mol. The van der Waals surface area contributed by atoms with Gasteiger partial charge < -0.3 is 10.0 Å². The summed E-state index contributed by atoms with van der Waals surface area (Å²) in [6.45, 7) is 0.482. The third-order valence-corrected chi connectivity index (χ3v) is 3.34. The number of carbonyl (C=O) groups excluding carboxylic acids is 1. The fourth-order valence-electron chi connectivity index (χ4n) is 2.39. The van der Waals surface area contributed by atoms with Gasteiger partial charge in [-0.25, -0.2) is 4.79 Å². The molecule has 1 saturated heterocycles. The normalized spacial score (nSPS) is 18.9. The summed E-state index contributed by atoms with van der Waals surface area (Å²) >= 11 is 0. The monoisotopic (exact) mass is 260 g/mol. The molecule has 0 aromatic carbocycles. The molecule has 1 amide bonds. The number of aromatic nitrogens is 3. The first-order valence-corrected chi connectivity index (χ1v) is 6.00. The van der Waals surface area contributed by atoms with Crippen molar-refractivity contribution in [2.24, 2.45) is 0 Å². The number of amides is 1. The topological polar surface area (TPSA) is 87.8 Å². The van der Waals surface area contributed by atoms with Crippen molar-refractivity contribution in [2.75, 3.05) is 6.54 Å². The Morgan fingerprint density at radius 2 is 2.21 bits per heavy atom. The number of aliphatic carboxylic acids is 1. The van der Waals surface area contributed by atoms with Crippen LogP contribution in [0.3, 0.4) is 0 Å². The highest BCUT2D eigenvalue weighted by molar-refractivity contribution is 5.96. The molecule has 1 fully saturated rings. The zero-order valence-electron chi connectivity index (χ0n) is 10.1. The number of carbonyl (C=O) groups is 2. The predicted octanol–water partition coefficient (Wildman–Crippen LogP) is 0.418. The standard InChI is InChI=1S/C12H12N4O3/c17-11(16-5-1-2-9(16)12(18)19)8-3-4-10-14-13-7-15(10)6-8/h3-4,6-7,9H,1-2,5H2,(H,18,19)/t9-/m1/s1. The molecular weight excluding hydrogens is 248 g/mol. The Kier molecular flexibility index (Phi) is 2.66. The molecule has 0 spiro atoms. The maximum atomic E-state index is 12.3. The minimum atomic E-state index is -0.948. The van der Waals surface area contributed by atoms with Crippen LogP contribution in [0.25, 0.3) is 5.65 Å². The molecule has 7 nitrogen and oxygen atoms in total. The number of nitrogens with zero attached hydrogens (tertiary/aromatic N) is 4. The quantitative estimate of drug-likeness (QED) is 0.845. The minimum absolute atomic E-state index is 0.263. The summed E-state index contributed by atoms with van der Waals surface area (Å²) in [5.74, 6) is -1.21. The molecular formula is C12H12N4O3. The Morgan fingerprint density at radius 3 is 3.00 bits per heavy atom. The summed E-state index contributed by atoms with van der Waals surface area (Å²) in [4.78, 5) is 24.8. The van der Waals surface area contributed by atoms with Crippen molar-refractivity contribution < 1.29 is 14.7 Å². The van der Waals surface area contributed by atoms with Crippen LogP contribution in [-0.4, -0.2) is 49.1 Å². The lowest BCUT2D eigenvalue weighted by Gasteiger charge is -2.21. The third kappa shape index (κ3) is 1.92. The molecule has 0 saturated carbocycles. The highest BCUT2D eigenvalue weighted by Gasteiger charge is 2.34. The largest absolute Gasteiger partial charge is 0.480 e. The van der Waals surface area contributed by atoms with Crippen molar-refractivity contribution in [3.05, 3.63) is 30.2 Å². The van der Waals surface area contributed by atoms with Gasteiger partial charge in [0.2, 0.25) is 0 Å². The average molecular weight is 260 g/mol. The molecule has 19 heavy (non-hydrogen) atoms. The van der Waals surface area contributed by atoms with Crippen LogP contribution >= 0.6 is 0 Å². The number of fused-ring (bicyclic) bond motifs is 1. The fraction of sp³-hybridized carbons (Fsp3) is 0.333. The average Bonchev–Trinajstić information content (AvgIpc) is 3.05. The lowest BCUT2D eigenvalue weighted by atomic mass is 10.2. The summed E-state index contributed by atoms with van der Waals surface area (Å²) in [6.07, 6.45) is 4.35. The van der Waals surface area contributed by atoms with Crippen molar-refractivity contribution in [1.82, 2.24) is 19.5 Å². The number of hydrogen-bond acceptors (Lipinski definition) is 4. The smallest absolute Gasteiger partial charge is 0.326 e. The van der Waals surface area contributed by atoms with E-state index >= 15 is 0 Å². The van der Waals surface area contributed by atoms with Crippen LogP contribution < -0.4 is 0 Å². The van der Waals surface area contributed by atoms with Gasteiger partial charge in [0, 0.05) is 12.7 Å². The maximum absolute atomic E-state index is 12.3. The second-order valence-electron chi connectivity index (χ2n) is 4.51. The van der Waals surface area contributed by atoms with Gasteiger partial charge in [0.15, 0.2) is 5.65 Å². The molecule has 2 aromatic heterocycles. The van der Waals surface area contributed by atoms with Gasteiger partial charge in [0.1, 0.15) is 12.4 Å². The lowest BCUT2D eigenvalue weighted by molar-refractivity contribution is -0.141. The van der Waals surface area contributed by atoms with Gasteiger partial charge in [-0.3, -0.25) is 9.20 Å².